The summed E-state index contributed by atoms with van der Waals surface area (Å²) in [6.07, 6.45) is 7.05. The van der Waals surface area contributed by atoms with Crippen LogP contribution in [-0.2, 0) is 22.5 Å². The number of esters is 1. The van der Waals surface area contributed by atoms with Crippen molar-refractivity contribution in [1.29, 1.82) is 0 Å². The minimum atomic E-state index is -0.270. The fraction of sp³-hybridized carbons (Fsp3) is 0.457. The van der Waals surface area contributed by atoms with Gasteiger partial charge in [-0.3, -0.25) is 9.69 Å². The third-order valence-electron chi connectivity index (χ3n) is 8.23. The number of carbonyl (C=O) groups excluding carboxylic acids is 1. The molecule has 2 aromatic rings. The number of anilines is 2. The number of nitrogens with zero attached hydrogens (tertiary/aromatic N) is 2. The average Bonchev–Trinajstić information content (AvgIpc) is 3.84. The summed E-state index contributed by atoms with van der Waals surface area (Å²) in [6.45, 7) is 21.0. The van der Waals surface area contributed by atoms with E-state index in [1.807, 2.05) is 45.2 Å². The molecule has 2 N–H and O–H groups in total. The zero-order valence-corrected chi connectivity index (χ0v) is 27.0. The molecule has 2 aliphatic heterocycles. The third kappa shape index (κ3) is 7.81. The lowest BCUT2D eigenvalue weighted by atomic mass is 9.89. The van der Waals surface area contributed by atoms with E-state index in [1.54, 1.807) is 6.07 Å². The van der Waals surface area contributed by atoms with Crippen LogP contribution in [0.2, 0.25) is 5.02 Å². The highest BCUT2D eigenvalue weighted by molar-refractivity contribution is 6.30. The summed E-state index contributed by atoms with van der Waals surface area (Å²) < 4.78 is 21.1. The molecule has 3 aliphatic rings. The number of aryl methyl sites for hydroxylation is 1. The first kappa shape index (κ1) is 32.6. The van der Waals surface area contributed by atoms with E-state index >= 15 is 4.39 Å². The molecule has 43 heavy (non-hydrogen) atoms. The number of allylic oxidation sites excluding steroid dienone is 1. The monoisotopic (exact) mass is 608 g/mol. The second-order valence-electron chi connectivity index (χ2n) is 11.7. The molecule has 6 nitrogen and oxygen atoms in total. The summed E-state index contributed by atoms with van der Waals surface area (Å²) in [7, 11) is 0. The highest BCUT2D eigenvalue weighted by Gasteiger charge is 2.34. The topological polar surface area (TPSA) is 56.8 Å². The van der Waals surface area contributed by atoms with Crippen LogP contribution in [0.15, 0.2) is 54.9 Å². The Labute approximate surface area is 261 Å². The number of hydrogen-bond acceptors (Lipinski definition) is 6. The number of benzene rings is 2. The molecule has 1 aliphatic carbocycles. The Balaban J connectivity index is 0.00000133. The molecule has 2 fully saturated rings. The van der Waals surface area contributed by atoms with Crippen molar-refractivity contribution in [1.82, 2.24) is 10.2 Å². The van der Waals surface area contributed by atoms with Crippen LogP contribution in [0.4, 0.5) is 15.8 Å². The van der Waals surface area contributed by atoms with Gasteiger partial charge in [-0.25, -0.2) is 4.39 Å². The zero-order chi connectivity index (χ0) is 31.3. The summed E-state index contributed by atoms with van der Waals surface area (Å²) in [5.41, 5.74) is 7.61. The lowest BCUT2D eigenvalue weighted by molar-refractivity contribution is -0.145. The molecule has 1 saturated carbocycles. The molecule has 1 saturated heterocycles. The smallest absolute Gasteiger partial charge is 0.320 e. The molecular formula is C35H46ClFN4O2. The van der Waals surface area contributed by atoms with Gasteiger partial charge in [0.05, 0.1) is 24.5 Å². The fourth-order valence-electron chi connectivity index (χ4n) is 5.79. The summed E-state index contributed by atoms with van der Waals surface area (Å²) in [5, 5.41) is 7.53. The highest BCUT2D eigenvalue weighted by atomic mass is 35.5. The van der Waals surface area contributed by atoms with Crippen LogP contribution in [0, 0.1) is 12.7 Å². The quantitative estimate of drug-likeness (QED) is 0.286. The van der Waals surface area contributed by atoms with Crippen LogP contribution >= 0.6 is 11.6 Å². The van der Waals surface area contributed by atoms with Crippen LogP contribution < -0.4 is 15.5 Å². The second-order valence-corrected chi connectivity index (χ2v) is 12.1. The first-order valence-electron chi connectivity index (χ1n) is 15.4. The van der Waals surface area contributed by atoms with Gasteiger partial charge < -0.3 is 20.3 Å². The van der Waals surface area contributed by atoms with Gasteiger partial charge in [0, 0.05) is 65.3 Å². The minimum Gasteiger partial charge on any atom is -0.465 e. The maximum absolute atomic E-state index is 16.0. The van der Waals surface area contributed by atoms with Crippen molar-refractivity contribution < 1.29 is 13.9 Å². The van der Waals surface area contributed by atoms with Crippen molar-refractivity contribution in [2.45, 2.75) is 78.9 Å². The van der Waals surface area contributed by atoms with Gasteiger partial charge in [-0.2, -0.15) is 0 Å². The van der Waals surface area contributed by atoms with Crippen LogP contribution in [-0.4, -0.2) is 49.2 Å². The molecule has 8 heteroatoms. The first-order chi connectivity index (χ1) is 20.5. The van der Waals surface area contributed by atoms with Gasteiger partial charge in [0.2, 0.25) is 0 Å². The molecule has 2 unspecified atom stereocenters. The van der Waals surface area contributed by atoms with Crippen molar-refractivity contribution in [3.8, 4) is 0 Å². The molecule has 5 rings (SSSR count). The van der Waals surface area contributed by atoms with Gasteiger partial charge >= 0.3 is 5.97 Å². The molecular weight excluding hydrogens is 563 g/mol. The summed E-state index contributed by atoms with van der Waals surface area (Å²) in [5.74, 6) is -0.498. The van der Waals surface area contributed by atoms with Gasteiger partial charge in [0.15, 0.2) is 0 Å². The van der Waals surface area contributed by atoms with Crippen molar-refractivity contribution in [3.63, 3.8) is 0 Å². The molecule has 232 valence electrons. The van der Waals surface area contributed by atoms with Gasteiger partial charge in [0.1, 0.15) is 5.82 Å². The van der Waals surface area contributed by atoms with Crippen LogP contribution in [0.3, 0.4) is 0 Å². The number of nitrogens with one attached hydrogen (secondary N) is 2. The van der Waals surface area contributed by atoms with E-state index in [0.29, 0.717) is 49.1 Å². The fourth-order valence-corrected chi connectivity index (χ4v) is 6.02. The van der Waals surface area contributed by atoms with Crippen LogP contribution in [0.5, 0.6) is 0 Å². The van der Waals surface area contributed by atoms with E-state index in [9.17, 15) is 4.79 Å². The van der Waals surface area contributed by atoms with Gasteiger partial charge in [-0.05, 0) is 69.0 Å². The van der Waals surface area contributed by atoms with Crippen molar-refractivity contribution in [2.24, 2.45) is 0 Å². The highest BCUT2D eigenvalue weighted by Crippen LogP contribution is 2.43. The van der Waals surface area contributed by atoms with E-state index in [0.717, 1.165) is 39.1 Å². The summed E-state index contributed by atoms with van der Waals surface area (Å²) >= 11 is 6.10. The largest absolute Gasteiger partial charge is 0.465 e. The third-order valence-corrected chi connectivity index (χ3v) is 8.46. The Morgan fingerprint density at radius 1 is 1.16 bits per heavy atom. The summed E-state index contributed by atoms with van der Waals surface area (Å²) in [6, 6.07) is 7.51. The van der Waals surface area contributed by atoms with Crippen LogP contribution in [0.1, 0.15) is 69.2 Å². The second kappa shape index (κ2) is 14.5. The molecule has 0 radical (unpaired) electrons. The van der Waals surface area contributed by atoms with Gasteiger partial charge in [0.25, 0.3) is 0 Å². The zero-order valence-electron chi connectivity index (χ0n) is 26.3. The Hall–Kier alpha value is -3.29. The standard InChI is InChI=1S/C32H40ClFN4O2.C3H6/c1-8-26-31-27(22(6)28(15-36-31)23(7)35-14-24-10-11-25(33)12-19(24)3)13-29(34)32(26)37-16-20(4)38(21(5)17-37)18-30(39)40-9-2;1-2-3-1/h10-13,15,20-21,35-36H,6-9,14,16-18H2,1-5H3;1-3H2. The molecule has 2 atom stereocenters. The summed E-state index contributed by atoms with van der Waals surface area (Å²) in [4.78, 5) is 16.4. The molecule has 0 amide bonds. The van der Waals surface area contributed by atoms with Gasteiger partial charge in [-0.15, -0.1) is 0 Å². The van der Waals surface area contributed by atoms with E-state index in [-0.39, 0.29) is 30.4 Å². The van der Waals surface area contributed by atoms with Crippen molar-refractivity contribution >= 4 is 34.5 Å². The molecule has 0 aromatic heterocycles. The predicted molar refractivity (Wildman–Crippen MR) is 177 cm³/mol. The first-order valence-corrected chi connectivity index (χ1v) is 15.8. The van der Waals surface area contributed by atoms with E-state index in [2.05, 4.69) is 47.4 Å². The Kier molecular flexibility index (Phi) is 11.0. The Morgan fingerprint density at radius 2 is 1.84 bits per heavy atom. The van der Waals surface area contributed by atoms with E-state index in [4.69, 9.17) is 16.3 Å². The number of carbonyl (C=O) groups is 1. The molecule has 2 aromatic carbocycles. The van der Waals surface area contributed by atoms with Crippen molar-refractivity contribution in [2.75, 3.05) is 36.5 Å². The van der Waals surface area contributed by atoms with E-state index < -0.39 is 0 Å². The molecule has 0 bridgehead atoms. The van der Waals surface area contributed by atoms with Gasteiger partial charge in [-0.1, -0.05) is 57.0 Å². The number of halogens is 2. The minimum absolute atomic E-state index is 0.0568. The van der Waals surface area contributed by atoms with Crippen LogP contribution in [0.25, 0.3) is 5.57 Å². The van der Waals surface area contributed by atoms with Crippen molar-refractivity contribution in [3.05, 3.63) is 88.0 Å². The molecule has 0 spiro atoms. The number of ether oxygens (including phenoxy) is 1. The average molecular weight is 609 g/mol. The van der Waals surface area contributed by atoms with E-state index in [1.165, 1.54) is 19.3 Å². The Morgan fingerprint density at radius 3 is 2.42 bits per heavy atom. The maximum Gasteiger partial charge on any atom is 0.320 e. The number of rotatable bonds is 9. The molecule has 2 heterocycles. The number of hydrogen-bond donors (Lipinski definition) is 2. The predicted octanol–water partition coefficient (Wildman–Crippen LogP) is 7.61. The normalized spacial score (nSPS) is 19.4. The lowest BCUT2D eigenvalue weighted by Gasteiger charge is -2.45. The maximum atomic E-state index is 16.0. The number of fused-ring (bicyclic) bond motifs is 1. The Bertz CT molecular complexity index is 1390. The number of piperazine rings is 1. The lowest BCUT2D eigenvalue weighted by Crippen LogP contribution is -2.58. The SMILES string of the molecule is C1CC1.C=C(NCc1ccc(Cl)cc1C)C1=CNc2c(cc(F)c(N3CC(C)N(CC(=O)OCC)C(C)C3)c2CC)C1=C.